The molecule has 252 valence electrons. The van der Waals surface area contributed by atoms with Crippen molar-refractivity contribution < 1.29 is 4.74 Å². The molecule has 0 saturated carbocycles. The van der Waals surface area contributed by atoms with Crippen molar-refractivity contribution in [3.63, 3.8) is 0 Å². The van der Waals surface area contributed by atoms with E-state index in [9.17, 15) is 0 Å². The lowest BCUT2D eigenvalue weighted by molar-refractivity contribution is 0.442. The van der Waals surface area contributed by atoms with Gasteiger partial charge < -0.3 is 4.74 Å². The highest BCUT2D eigenvalue weighted by molar-refractivity contribution is 5.96. The van der Waals surface area contributed by atoms with E-state index in [1.165, 1.54) is 22.3 Å². The van der Waals surface area contributed by atoms with Gasteiger partial charge in [-0.3, -0.25) is 0 Å². The van der Waals surface area contributed by atoms with Gasteiger partial charge in [-0.05, 0) is 57.0 Å². The minimum atomic E-state index is -0.572. The van der Waals surface area contributed by atoms with Crippen molar-refractivity contribution in [2.24, 2.45) is 0 Å². The van der Waals surface area contributed by atoms with Crippen LogP contribution in [-0.4, -0.2) is 15.0 Å². The average Bonchev–Trinajstić information content (AvgIpc) is 3.54. The molecule has 4 heteroatoms. The molecule has 0 unspecified atom stereocenters. The van der Waals surface area contributed by atoms with Crippen LogP contribution >= 0.6 is 0 Å². The maximum absolute atomic E-state index is 6.97. The van der Waals surface area contributed by atoms with Gasteiger partial charge in [0.1, 0.15) is 11.5 Å². The fourth-order valence-corrected chi connectivity index (χ4v) is 8.59. The van der Waals surface area contributed by atoms with Gasteiger partial charge in [0.05, 0.1) is 5.41 Å². The second kappa shape index (κ2) is 11.9. The Labute approximate surface area is 313 Å². The van der Waals surface area contributed by atoms with Crippen LogP contribution in [0.15, 0.2) is 188 Å². The lowest BCUT2D eigenvalue weighted by Gasteiger charge is -2.40. The van der Waals surface area contributed by atoms with Crippen LogP contribution in [0.4, 0.5) is 0 Å². The van der Waals surface area contributed by atoms with Gasteiger partial charge in [-0.1, -0.05) is 170 Å². The SMILES string of the molecule is c1ccc(-c2nc(-c3ccccc3)nc(-c3cccc(-c4ccc5c(c4)C4(c6ccccc6-c6ccccc64)c4ccc6ccccc6c4O5)c3)n2)cc1. The summed E-state index contributed by atoms with van der Waals surface area (Å²) in [5, 5.41) is 2.27. The van der Waals surface area contributed by atoms with Gasteiger partial charge in [-0.15, -0.1) is 0 Å². The normalized spacial score (nSPS) is 13.1. The first-order valence-electron chi connectivity index (χ1n) is 18.3. The number of ether oxygens (including phenoxy) is 1. The zero-order chi connectivity index (χ0) is 35.6. The Balaban J connectivity index is 1.11. The molecule has 0 N–H and O–H groups in total. The van der Waals surface area contributed by atoms with Crippen LogP contribution in [0.2, 0.25) is 0 Å². The minimum absolute atomic E-state index is 0.572. The number of hydrogen-bond donors (Lipinski definition) is 0. The van der Waals surface area contributed by atoms with Gasteiger partial charge in [0, 0.05) is 33.2 Å². The Morgan fingerprint density at radius 1 is 0.352 bits per heavy atom. The molecule has 1 aromatic heterocycles. The molecule has 9 aromatic rings. The van der Waals surface area contributed by atoms with Crippen LogP contribution in [-0.2, 0) is 5.41 Å². The lowest BCUT2D eigenvalue weighted by Crippen LogP contribution is -2.32. The number of rotatable bonds is 4. The third kappa shape index (κ3) is 4.53. The van der Waals surface area contributed by atoms with Crippen molar-refractivity contribution in [1.82, 2.24) is 15.0 Å². The van der Waals surface area contributed by atoms with Crippen LogP contribution in [0.25, 0.3) is 67.2 Å². The van der Waals surface area contributed by atoms with Gasteiger partial charge in [0.25, 0.3) is 0 Å². The summed E-state index contributed by atoms with van der Waals surface area (Å²) >= 11 is 0. The monoisotopic (exact) mass is 689 g/mol. The molecule has 0 amide bonds. The van der Waals surface area contributed by atoms with Gasteiger partial charge >= 0.3 is 0 Å². The van der Waals surface area contributed by atoms with E-state index in [0.717, 1.165) is 61.2 Å². The Bertz CT molecular complexity index is 2820. The zero-order valence-electron chi connectivity index (χ0n) is 29.1. The van der Waals surface area contributed by atoms with E-state index >= 15 is 0 Å². The first-order valence-corrected chi connectivity index (χ1v) is 18.3. The quantitative estimate of drug-likeness (QED) is 0.185. The number of benzene rings is 8. The molecule has 0 fully saturated rings. The summed E-state index contributed by atoms with van der Waals surface area (Å²) in [6, 6.07) is 66.1. The van der Waals surface area contributed by atoms with Crippen molar-refractivity contribution in [3.05, 3.63) is 210 Å². The van der Waals surface area contributed by atoms with E-state index in [1.807, 2.05) is 60.7 Å². The van der Waals surface area contributed by atoms with Crippen LogP contribution < -0.4 is 4.74 Å². The fourth-order valence-electron chi connectivity index (χ4n) is 8.59. The number of hydrogen-bond acceptors (Lipinski definition) is 4. The molecule has 1 aliphatic carbocycles. The molecule has 2 aliphatic rings. The second-order valence-electron chi connectivity index (χ2n) is 13.9. The molecule has 4 nitrogen and oxygen atoms in total. The summed E-state index contributed by atoms with van der Waals surface area (Å²) < 4.78 is 6.97. The smallest absolute Gasteiger partial charge is 0.164 e. The third-order valence-electron chi connectivity index (χ3n) is 11.0. The minimum Gasteiger partial charge on any atom is -0.456 e. The van der Waals surface area contributed by atoms with E-state index in [0.29, 0.717) is 17.5 Å². The van der Waals surface area contributed by atoms with Crippen LogP contribution in [0.5, 0.6) is 11.5 Å². The van der Waals surface area contributed by atoms with Crippen LogP contribution in [0, 0.1) is 0 Å². The highest BCUT2D eigenvalue weighted by Crippen LogP contribution is 2.63. The lowest BCUT2D eigenvalue weighted by atomic mass is 9.65. The summed E-state index contributed by atoms with van der Waals surface area (Å²) in [5.74, 6) is 3.69. The van der Waals surface area contributed by atoms with Gasteiger partial charge in [0.2, 0.25) is 0 Å². The second-order valence-corrected chi connectivity index (χ2v) is 13.9. The van der Waals surface area contributed by atoms with Gasteiger partial charge in [-0.25, -0.2) is 15.0 Å². The number of nitrogens with zero attached hydrogens (tertiary/aromatic N) is 3. The van der Waals surface area contributed by atoms with Crippen molar-refractivity contribution in [2.75, 3.05) is 0 Å². The van der Waals surface area contributed by atoms with E-state index in [1.54, 1.807) is 0 Å². The summed E-state index contributed by atoms with van der Waals surface area (Å²) in [4.78, 5) is 14.9. The van der Waals surface area contributed by atoms with Crippen molar-refractivity contribution in [3.8, 4) is 67.9 Å². The Kier molecular flexibility index (Phi) is 6.73. The molecular formula is C50H31N3O. The third-order valence-corrected chi connectivity index (χ3v) is 11.0. The van der Waals surface area contributed by atoms with E-state index in [-0.39, 0.29) is 0 Å². The molecular weight excluding hydrogens is 659 g/mol. The molecule has 0 atom stereocenters. The first-order chi connectivity index (χ1) is 26.8. The molecule has 2 heterocycles. The summed E-state index contributed by atoms with van der Waals surface area (Å²) in [6.45, 7) is 0. The Hall–Kier alpha value is -7.17. The van der Waals surface area contributed by atoms with Crippen molar-refractivity contribution in [2.45, 2.75) is 5.41 Å². The highest BCUT2D eigenvalue weighted by Gasteiger charge is 2.51. The average molecular weight is 690 g/mol. The van der Waals surface area contributed by atoms with Crippen molar-refractivity contribution >= 4 is 10.8 Å². The Morgan fingerprint density at radius 2 is 0.889 bits per heavy atom. The number of aromatic nitrogens is 3. The van der Waals surface area contributed by atoms with Gasteiger partial charge in [-0.2, -0.15) is 0 Å². The standard InChI is InChI=1S/C50H31N3O/c1-3-15-33(16-4-1)47-51-48(34-17-5-2-6-18-34)53-49(52-47)37-20-13-19-35(30-37)36-27-29-45-44(31-36)50(43-28-26-32-14-7-8-21-38(32)46(43)54-45)41-24-11-9-22-39(41)40-23-10-12-25-42(40)50/h1-31H. The van der Waals surface area contributed by atoms with E-state index in [4.69, 9.17) is 19.7 Å². The highest BCUT2D eigenvalue weighted by atomic mass is 16.5. The first kappa shape index (κ1) is 30.5. The largest absolute Gasteiger partial charge is 0.456 e. The van der Waals surface area contributed by atoms with E-state index in [2.05, 4.69) is 127 Å². The predicted octanol–water partition coefficient (Wildman–Crippen LogP) is 12.2. The molecule has 1 spiro atoms. The molecule has 54 heavy (non-hydrogen) atoms. The van der Waals surface area contributed by atoms with Crippen LogP contribution in [0.1, 0.15) is 22.3 Å². The van der Waals surface area contributed by atoms with Gasteiger partial charge in [0.15, 0.2) is 17.5 Å². The predicted molar refractivity (Wildman–Crippen MR) is 216 cm³/mol. The molecule has 11 rings (SSSR count). The Morgan fingerprint density at radius 3 is 1.57 bits per heavy atom. The molecule has 0 radical (unpaired) electrons. The summed E-state index contributed by atoms with van der Waals surface area (Å²) in [6.07, 6.45) is 0. The number of fused-ring (bicyclic) bond motifs is 11. The molecule has 8 aromatic carbocycles. The zero-order valence-corrected chi connectivity index (χ0v) is 29.1. The molecule has 0 bridgehead atoms. The van der Waals surface area contributed by atoms with Crippen LogP contribution in [0.3, 0.4) is 0 Å². The summed E-state index contributed by atoms with van der Waals surface area (Å²) in [7, 11) is 0. The van der Waals surface area contributed by atoms with E-state index < -0.39 is 5.41 Å². The maximum Gasteiger partial charge on any atom is 0.164 e. The fraction of sp³-hybridized carbons (Fsp3) is 0.0200. The molecule has 1 aliphatic heterocycles. The topological polar surface area (TPSA) is 47.9 Å². The molecule has 0 saturated heterocycles. The summed E-state index contributed by atoms with van der Waals surface area (Å²) in [5.41, 5.74) is 11.7. The maximum atomic E-state index is 6.97. The van der Waals surface area contributed by atoms with Crippen molar-refractivity contribution in [1.29, 1.82) is 0 Å².